The van der Waals surface area contributed by atoms with E-state index in [0.717, 1.165) is 0 Å². The van der Waals surface area contributed by atoms with Crippen molar-refractivity contribution >= 4 is 148 Å². The highest BCUT2D eigenvalue weighted by molar-refractivity contribution is 7.37. The highest BCUT2D eigenvalue weighted by Gasteiger charge is 2.19. The summed E-state index contributed by atoms with van der Waals surface area (Å²) >= 11 is 7.81. The van der Waals surface area contributed by atoms with E-state index in [1.165, 1.54) is 124 Å². The summed E-state index contributed by atoms with van der Waals surface area (Å²) in [7, 11) is 0. The lowest BCUT2D eigenvalue weighted by atomic mass is 10.0. The van der Waals surface area contributed by atoms with Gasteiger partial charge in [-0.1, -0.05) is 108 Å². The molecule has 0 spiro atoms. The molecule has 12 aromatic rings. The zero-order chi connectivity index (χ0) is 34.8. The van der Waals surface area contributed by atoms with Crippen molar-refractivity contribution in [3.63, 3.8) is 0 Å². The maximum absolute atomic E-state index is 2.37. The molecule has 12 rings (SSSR count). The first-order chi connectivity index (χ1) is 25.4. The highest BCUT2D eigenvalue weighted by atomic mass is 32.1. The first-order valence-electron chi connectivity index (χ1n) is 17.7. The molecule has 0 N–H and O–H groups in total. The number of rotatable bonds is 0. The van der Waals surface area contributed by atoms with E-state index < -0.39 is 0 Å². The molecule has 0 fully saturated rings. The summed E-state index contributed by atoms with van der Waals surface area (Å²) in [5.41, 5.74) is 5.38. The van der Waals surface area contributed by atoms with E-state index in [0.29, 0.717) is 0 Å². The van der Waals surface area contributed by atoms with Gasteiger partial charge in [0.05, 0.1) is 18.8 Å². The fraction of sp³-hybridized carbons (Fsp3) is 0.0833. The van der Waals surface area contributed by atoms with Gasteiger partial charge in [-0.3, -0.25) is 0 Å². The largest absolute Gasteiger partial charge is 0.134 e. The second kappa shape index (κ2) is 11.3. The summed E-state index contributed by atoms with van der Waals surface area (Å²) in [6.45, 7) is 8.79. The van der Waals surface area contributed by atoms with E-state index in [1.807, 2.05) is 45.3 Å². The Morgan fingerprint density at radius 3 is 1.10 bits per heavy atom. The first kappa shape index (κ1) is 30.8. The number of hydrogen-bond acceptors (Lipinski definition) is 4. The van der Waals surface area contributed by atoms with E-state index in [1.54, 1.807) is 0 Å². The average Bonchev–Trinajstić information content (AvgIpc) is 3.89. The lowest BCUT2D eigenvalue weighted by Gasteiger charge is -2.04. The molecule has 0 bridgehead atoms. The third kappa shape index (κ3) is 4.42. The van der Waals surface area contributed by atoms with Crippen molar-refractivity contribution in [3.8, 4) is 0 Å². The van der Waals surface area contributed by atoms with Crippen LogP contribution >= 0.6 is 45.3 Å². The summed E-state index contributed by atoms with van der Waals surface area (Å²) < 4.78 is 11.4. The smallest absolute Gasteiger partial charge is 0.0548 e. The molecule has 8 aromatic carbocycles. The molecule has 0 aliphatic rings. The van der Waals surface area contributed by atoms with E-state index in [2.05, 4.69) is 149 Å². The molecule has 4 heterocycles. The summed E-state index contributed by atoms with van der Waals surface area (Å²) in [6, 6.07) is 45.2. The second-order valence-corrected chi connectivity index (χ2v) is 18.5. The van der Waals surface area contributed by atoms with Crippen molar-refractivity contribution in [2.45, 2.75) is 27.7 Å². The Morgan fingerprint density at radius 1 is 0.308 bits per heavy atom. The van der Waals surface area contributed by atoms with Gasteiger partial charge in [-0.25, -0.2) is 0 Å². The Hall–Kier alpha value is -4.84. The molecule has 52 heavy (non-hydrogen) atoms. The van der Waals surface area contributed by atoms with Crippen LogP contribution in [-0.4, -0.2) is 0 Å². The van der Waals surface area contributed by atoms with E-state index in [9.17, 15) is 0 Å². The molecular weight excluding hydrogens is 705 g/mol. The Kier molecular flexibility index (Phi) is 6.70. The van der Waals surface area contributed by atoms with Gasteiger partial charge in [0.1, 0.15) is 0 Å². The Morgan fingerprint density at radius 2 is 0.673 bits per heavy atom. The molecule has 4 heteroatoms. The van der Waals surface area contributed by atoms with Crippen LogP contribution in [0, 0.1) is 27.7 Å². The minimum Gasteiger partial charge on any atom is -0.134 e. The molecule has 4 aromatic heterocycles. The Balaban J connectivity index is 0.000000123. The molecule has 0 radical (unpaired) electrons. The summed E-state index contributed by atoms with van der Waals surface area (Å²) in [6.07, 6.45) is 0. The summed E-state index contributed by atoms with van der Waals surface area (Å²) in [5, 5.41) is 16.7. The summed E-state index contributed by atoms with van der Waals surface area (Å²) in [4.78, 5) is 0. The average molecular weight is 737 g/mol. The fourth-order valence-electron chi connectivity index (χ4n) is 8.46. The van der Waals surface area contributed by atoms with Crippen molar-refractivity contribution < 1.29 is 0 Å². The van der Waals surface area contributed by atoms with Crippen LogP contribution in [0.2, 0.25) is 0 Å². The van der Waals surface area contributed by atoms with Gasteiger partial charge in [0.2, 0.25) is 0 Å². The molecule has 0 unspecified atom stereocenters. The molecule has 0 atom stereocenters. The first-order valence-corrected chi connectivity index (χ1v) is 21.0. The number of hydrogen-bond donors (Lipinski definition) is 0. The molecular formula is C48H32S4. The molecule has 0 aliphatic carbocycles. The van der Waals surface area contributed by atoms with Gasteiger partial charge in [0, 0.05) is 40.3 Å². The molecule has 0 amide bonds. The van der Waals surface area contributed by atoms with Crippen molar-refractivity contribution in [1.82, 2.24) is 0 Å². The second-order valence-electron chi connectivity index (χ2n) is 14.3. The van der Waals surface area contributed by atoms with Crippen LogP contribution in [0.1, 0.15) is 22.3 Å². The van der Waals surface area contributed by atoms with Crippen LogP contribution in [0.25, 0.3) is 102 Å². The predicted molar refractivity (Wildman–Crippen MR) is 238 cm³/mol. The molecule has 248 valence electrons. The van der Waals surface area contributed by atoms with Crippen molar-refractivity contribution in [2.75, 3.05) is 0 Å². The highest BCUT2D eigenvalue weighted by Crippen LogP contribution is 2.50. The van der Waals surface area contributed by atoms with E-state index in [-0.39, 0.29) is 0 Å². The van der Waals surface area contributed by atoms with Crippen molar-refractivity contribution in [3.05, 3.63) is 144 Å². The molecule has 0 aliphatic heterocycles. The van der Waals surface area contributed by atoms with Gasteiger partial charge in [-0.2, -0.15) is 0 Å². The predicted octanol–water partition coefficient (Wildman–Crippen LogP) is 16.4. The Bertz CT molecular complexity index is 3220. The standard InChI is InChI=1S/2C24H16S2/c1-13-3-7-17-15(11-13)5-9-19-21(17)23-24(25-19)22-18-8-4-14(2)12-16(18)6-10-20(22)26-23;1-13-11-19-21(17-9-5-3-7-15(13)17)23-24(25-19)22-18-10-6-4-8-16(18)14(2)12-20(22)26-23/h2*3-12H,1-2H3. The van der Waals surface area contributed by atoms with Gasteiger partial charge >= 0.3 is 0 Å². The molecule has 0 saturated heterocycles. The normalized spacial score (nSPS) is 12.2. The van der Waals surface area contributed by atoms with Gasteiger partial charge in [0.15, 0.2) is 0 Å². The minimum absolute atomic E-state index is 1.32. The van der Waals surface area contributed by atoms with E-state index in [4.69, 9.17) is 0 Å². The topological polar surface area (TPSA) is 0 Å². The maximum Gasteiger partial charge on any atom is 0.0548 e. The lowest BCUT2D eigenvalue weighted by Crippen LogP contribution is -1.78. The minimum atomic E-state index is 1.32. The lowest BCUT2D eigenvalue weighted by molar-refractivity contribution is 1.51. The third-order valence-electron chi connectivity index (χ3n) is 10.9. The number of fused-ring (bicyclic) bond motifs is 18. The van der Waals surface area contributed by atoms with Crippen molar-refractivity contribution in [1.29, 1.82) is 0 Å². The van der Waals surface area contributed by atoms with Gasteiger partial charge < -0.3 is 0 Å². The number of thiophene rings is 4. The Labute approximate surface area is 316 Å². The fourth-order valence-corrected chi connectivity index (χ4v) is 14.2. The van der Waals surface area contributed by atoms with Crippen LogP contribution < -0.4 is 0 Å². The SMILES string of the molecule is Cc1cc2sc3c(sc4cc(C)c5ccccc5c43)c2c2ccccc12.Cc1ccc2c(ccc3sc4c(sc5ccc6cc(C)ccc6c54)c32)c1. The number of aryl methyl sites for hydroxylation is 4. The number of benzene rings is 8. The van der Waals surface area contributed by atoms with Gasteiger partial charge in [-0.05, 0) is 106 Å². The monoisotopic (exact) mass is 736 g/mol. The van der Waals surface area contributed by atoms with Crippen LogP contribution in [0.15, 0.2) is 121 Å². The van der Waals surface area contributed by atoms with Gasteiger partial charge in [-0.15, -0.1) is 45.3 Å². The zero-order valence-electron chi connectivity index (χ0n) is 29.2. The van der Waals surface area contributed by atoms with Crippen LogP contribution in [0.3, 0.4) is 0 Å². The third-order valence-corrected chi connectivity index (χ3v) is 15.8. The summed E-state index contributed by atoms with van der Waals surface area (Å²) in [5.74, 6) is 0. The quantitative estimate of drug-likeness (QED) is 0.145. The zero-order valence-corrected chi connectivity index (χ0v) is 32.4. The maximum atomic E-state index is 2.37. The van der Waals surface area contributed by atoms with Crippen LogP contribution in [0.4, 0.5) is 0 Å². The van der Waals surface area contributed by atoms with E-state index >= 15 is 0 Å². The molecule has 0 nitrogen and oxygen atoms in total. The van der Waals surface area contributed by atoms with Crippen LogP contribution in [0.5, 0.6) is 0 Å². The van der Waals surface area contributed by atoms with Crippen LogP contribution in [-0.2, 0) is 0 Å². The molecule has 0 saturated carbocycles. The van der Waals surface area contributed by atoms with Gasteiger partial charge in [0.25, 0.3) is 0 Å². The van der Waals surface area contributed by atoms with Crippen molar-refractivity contribution in [2.24, 2.45) is 0 Å².